The second-order valence-corrected chi connectivity index (χ2v) is 7.29. The van der Waals surface area contributed by atoms with Crippen LogP contribution in [0.3, 0.4) is 0 Å². The van der Waals surface area contributed by atoms with Crippen LogP contribution in [0.4, 0.5) is 0 Å². The average Bonchev–Trinajstić information content (AvgIpc) is 3.00. The Bertz CT molecular complexity index is 553. The van der Waals surface area contributed by atoms with Crippen LogP contribution in [0.25, 0.3) is 0 Å². The van der Waals surface area contributed by atoms with Gasteiger partial charge in [0.25, 0.3) is 0 Å². The first kappa shape index (κ1) is 12.9. The van der Waals surface area contributed by atoms with E-state index in [2.05, 4.69) is 4.72 Å². The molecule has 5 heteroatoms. The van der Waals surface area contributed by atoms with Crippen molar-refractivity contribution >= 4 is 10.0 Å². The second-order valence-electron chi connectivity index (χ2n) is 5.58. The number of rotatable bonds is 4. The maximum Gasteiger partial charge on any atom is 0.240 e. The van der Waals surface area contributed by atoms with E-state index in [1.165, 1.54) is 19.3 Å². The summed E-state index contributed by atoms with van der Waals surface area (Å²) in [5.74, 6) is 1.94. The summed E-state index contributed by atoms with van der Waals surface area (Å²) in [6, 6.07) is 6.67. The van der Waals surface area contributed by atoms with Gasteiger partial charge in [0.1, 0.15) is 5.75 Å². The third kappa shape index (κ3) is 2.49. The van der Waals surface area contributed by atoms with Crippen molar-refractivity contribution in [3.05, 3.63) is 24.3 Å². The van der Waals surface area contributed by atoms with E-state index in [9.17, 15) is 8.42 Å². The van der Waals surface area contributed by atoms with Crippen molar-refractivity contribution in [2.24, 2.45) is 11.8 Å². The monoisotopic (exact) mass is 281 g/mol. The van der Waals surface area contributed by atoms with Gasteiger partial charge in [0.2, 0.25) is 10.0 Å². The molecule has 0 unspecified atom stereocenters. The Morgan fingerprint density at radius 1 is 1.16 bits per heavy atom. The molecule has 1 aromatic rings. The van der Waals surface area contributed by atoms with Gasteiger partial charge in [0, 0.05) is 6.04 Å². The van der Waals surface area contributed by atoms with Gasteiger partial charge in [-0.3, -0.25) is 0 Å². The first-order valence-electron chi connectivity index (χ1n) is 6.75. The highest BCUT2D eigenvalue weighted by Crippen LogP contribution is 2.44. The van der Waals surface area contributed by atoms with E-state index >= 15 is 0 Å². The number of fused-ring (bicyclic) bond motifs is 2. The molecular weight excluding hydrogens is 262 g/mol. The van der Waals surface area contributed by atoms with Gasteiger partial charge in [0.15, 0.2) is 0 Å². The zero-order valence-electron chi connectivity index (χ0n) is 11.0. The largest absolute Gasteiger partial charge is 0.497 e. The van der Waals surface area contributed by atoms with Crippen molar-refractivity contribution in [1.82, 2.24) is 4.72 Å². The predicted molar refractivity (Wildman–Crippen MR) is 72.6 cm³/mol. The molecule has 2 aliphatic carbocycles. The van der Waals surface area contributed by atoms with E-state index in [4.69, 9.17) is 4.74 Å². The second kappa shape index (κ2) is 4.80. The van der Waals surface area contributed by atoms with Crippen LogP contribution in [0.2, 0.25) is 0 Å². The lowest BCUT2D eigenvalue weighted by Crippen LogP contribution is -2.38. The topological polar surface area (TPSA) is 55.4 Å². The van der Waals surface area contributed by atoms with Gasteiger partial charge in [-0.2, -0.15) is 0 Å². The number of hydrogen-bond acceptors (Lipinski definition) is 3. The summed E-state index contributed by atoms with van der Waals surface area (Å²) in [5, 5.41) is 0. The van der Waals surface area contributed by atoms with E-state index in [0.29, 0.717) is 16.6 Å². The quantitative estimate of drug-likeness (QED) is 0.920. The van der Waals surface area contributed by atoms with Crippen LogP contribution >= 0.6 is 0 Å². The standard InChI is InChI=1S/C14H19NO3S/c1-18-12-4-6-13(7-5-12)19(16,17)15-14-9-10-2-3-11(14)8-10/h4-7,10-11,14-15H,2-3,8-9H2,1H3/t10-,11+,14-/m1/s1. The van der Waals surface area contributed by atoms with Crippen molar-refractivity contribution in [2.45, 2.75) is 36.6 Å². The Morgan fingerprint density at radius 2 is 1.89 bits per heavy atom. The van der Waals surface area contributed by atoms with Gasteiger partial charge in [-0.1, -0.05) is 6.42 Å². The summed E-state index contributed by atoms with van der Waals surface area (Å²) < 4.78 is 32.5. The lowest BCUT2D eigenvalue weighted by molar-refractivity contribution is 0.390. The summed E-state index contributed by atoms with van der Waals surface area (Å²) in [4.78, 5) is 0.316. The first-order valence-corrected chi connectivity index (χ1v) is 8.23. The molecule has 0 radical (unpaired) electrons. The zero-order valence-corrected chi connectivity index (χ0v) is 11.8. The fourth-order valence-electron chi connectivity index (χ4n) is 3.41. The molecule has 2 fully saturated rings. The zero-order chi connectivity index (χ0) is 13.5. The number of nitrogens with one attached hydrogen (secondary N) is 1. The highest BCUT2D eigenvalue weighted by atomic mass is 32.2. The van der Waals surface area contributed by atoms with Crippen LogP contribution in [-0.2, 0) is 10.0 Å². The van der Waals surface area contributed by atoms with Crippen molar-refractivity contribution in [2.75, 3.05) is 7.11 Å². The van der Waals surface area contributed by atoms with Crippen LogP contribution in [0.15, 0.2) is 29.2 Å². The Kier molecular flexibility index (Phi) is 3.27. The van der Waals surface area contributed by atoms with Gasteiger partial charge >= 0.3 is 0 Å². The third-order valence-electron chi connectivity index (χ3n) is 4.41. The van der Waals surface area contributed by atoms with Crippen LogP contribution < -0.4 is 9.46 Å². The molecule has 1 N–H and O–H groups in total. The smallest absolute Gasteiger partial charge is 0.240 e. The van der Waals surface area contributed by atoms with Gasteiger partial charge in [-0.05, 0) is 55.4 Å². The van der Waals surface area contributed by atoms with Crippen LogP contribution in [0.5, 0.6) is 5.75 Å². The van der Waals surface area contributed by atoms with Crippen LogP contribution in [-0.4, -0.2) is 21.6 Å². The molecule has 2 bridgehead atoms. The Morgan fingerprint density at radius 3 is 2.42 bits per heavy atom. The summed E-state index contributed by atoms with van der Waals surface area (Å²) in [5.41, 5.74) is 0. The molecule has 0 spiro atoms. The molecule has 3 atom stereocenters. The normalized spacial score (nSPS) is 29.6. The molecule has 0 amide bonds. The highest BCUT2D eigenvalue weighted by molar-refractivity contribution is 7.89. The summed E-state index contributed by atoms with van der Waals surface area (Å²) in [6.45, 7) is 0. The van der Waals surface area contributed by atoms with Gasteiger partial charge in [-0.25, -0.2) is 13.1 Å². The fourth-order valence-corrected chi connectivity index (χ4v) is 4.73. The molecule has 3 rings (SSSR count). The van der Waals surface area contributed by atoms with Gasteiger partial charge < -0.3 is 4.74 Å². The van der Waals surface area contributed by atoms with Crippen molar-refractivity contribution < 1.29 is 13.2 Å². The van der Waals surface area contributed by atoms with Crippen molar-refractivity contribution in [3.8, 4) is 5.75 Å². The minimum absolute atomic E-state index is 0.130. The Labute approximate surface area is 114 Å². The highest BCUT2D eigenvalue weighted by Gasteiger charge is 2.41. The minimum Gasteiger partial charge on any atom is -0.497 e. The van der Waals surface area contributed by atoms with E-state index in [0.717, 1.165) is 12.3 Å². The van der Waals surface area contributed by atoms with E-state index in [1.54, 1.807) is 31.4 Å². The number of methoxy groups -OCH3 is 1. The molecule has 0 aliphatic heterocycles. The molecule has 0 saturated heterocycles. The number of hydrogen-bond donors (Lipinski definition) is 1. The predicted octanol–water partition coefficient (Wildman–Crippen LogP) is 2.16. The van der Waals surface area contributed by atoms with E-state index in [1.807, 2.05) is 0 Å². The van der Waals surface area contributed by atoms with Crippen LogP contribution in [0, 0.1) is 11.8 Å². The third-order valence-corrected chi connectivity index (χ3v) is 5.92. The number of sulfonamides is 1. The maximum atomic E-state index is 12.3. The molecule has 0 heterocycles. The SMILES string of the molecule is COc1ccc(S(=O)(=O)N[C@@H]2C[C@@H]3CC[C@H]2C3)cc1. The van der Waals surface area contributed by atoms with E-state index < -0.39 is 10.0 Å². The molecule has 19 heavy (non-hydrogen) atoms. The molecule has 2 aliphatic rings. The van der Waals surface area contributed by atoms with Crippen LogP contribution in [0.1, 0.15) is 25.7 Å². The van der Waals surface area contributed by atoms with Gasteiger partial charge in [-0.15, -0.1) is 0 Å². The molecule has 0 aromatic heterocycles. The summed E-state index contributed by atoms with van der Waals surface area (Å²) in [6.07, 6.45) is 4.63. The van der Waals surface area contributed by atoms with E-state index in [-0.39, 0.29) is 6.04 Å². The lowest BCUT2D eigenvalue weighted by atomic mass is 9.96. The lowest BCUT2D eigenvalue weighted by Gasteiger charge is -2.22. The summed E-state index contributed by atoms with van der Waals surface area (Å²) >= 11 is 0. The van der Waals surface area contributed by atoms with Crippen molar-refractivity contribution in [3.63, 3.8) is 0 Å². The van der Waals surface area contributed by atoms with Crippen molar-refractivity contribution in [1.29, 1.82) is 0 Å². The Hall–Kier alpha value is -1.07. The molecule has 1 aromatic carbocycles. The van der Waals surface area contributed by atoms with Gasteiger partial charge in [0.05, 0.1) is 12.0 Å². The number of ether oxygens (including phenoxy) is 1. The molecule has 104 valence electrons. The minimum atomic E-state index is -3.40. The fraction of sp³-hybridized carbons (Fsp3) is 0.571. The molecule has 4 nitrogen and oxygen atoms in total. The summed E-state index contributed by atoms with van der Waals surface area (Å²) in [7, 11) is -1.83. The molecule has 2 saturated carbocycles. The number of benzene rings is 1. The maximum absolute atomic E-state index is 12.3. The molecular formula is C14H19NO3S. The Balaban J connectivity index is 1.75. The average molecular weight is 281 g/mol. The first-order chi connectivity index (χ1) is 9.08.